The van der Waals surface area contributed by atoms with Gasteiger partial charge in [-0.05, 0) is 83.5 Å². The Morgan fingerprint density at radius 2 is 0.889 bits per heavy atom. The van der Waals surface area contributed by atoms with Crippen LogP contribution in [-0.4, -0.2) is 46.9 Å². The average molecular weight is 874 g/mol. The van der Waals surface area contributed by atoms with Crippen molar-refractivity contribution in [3.8, 4) is 0 Å². The minimum Gasteiger partial charge on any atom is -0.461 e. The normalized spacial score (nSPS) is 14.2. The number of nitrogens with one attached hydrogen (secondary N) is 1. The molecule has 0 aromatic rings. The number of hydrogen-bond acceptors (Lipinski definition) is 5. The Morgan fingerprint density at radius 3 is 1.33 bits per heavy atom. The van der Waals surface area contributed by atoms with Crippen LogP contribution in [0.4, 0.5) is 0 Å². The lowest BCUT2D eigenvalue weighted by Crippen LogP contribution is -2.46. The van der Waals surface area contributed by atoms with Gasteiger partial charge >= 0.3 is 5.97 Å². The molecule has 63 heavy (non-hydrogen) atoms. The van der Waals surface area contributed by atoms with Gasteiger partial charge in [0.25, 0.3) is 0 Å². The monoisotopic (exact) mass is 874 g/mol. The maximum atomic E-state index is 13.2. The fraction of sp³-hybridized carbons (Fsp3) is 0.649. The summed E-state index contributed by atoms with van der Waals surface area (Å²) in [5, 5.41) is 23.7. The van der Waals surface area contributed by atoms with E-state index in [1.807, 2.05) is 12.2 Å². The molecule has 6 heteroatoms. The molecule has 0 aromatic carbocycles. The summed E-state index contributed by atoms with van der Waals surface area (Å²) in [5.41, 5.74) is 0. The molecule has 3 atom stereocenters. The highest BCUT2D eigenvalue weighted by atomic mass is 16.5. The number of hydrogen-bond donors (Lipinski definition) is 3. The highest BCUT2D eigenvalue weighted by Gasteiger charge is 2.23. The van der Waals surface area contributed by atoms with Crippen LogP contribution in [0.1, 0.15) is 213 Å². The van der Waals surface area contributed by atoms with Gasteiger partial charge in [-0.25, -0.2) is 0 Å². The van der Waals surface area contributed by atoms with Crippen molar-refractivity contribution in [2.24, 2.45) is 0 Å². The van der Waals surface area contributed by atoms with E-state index in [1.54, 1.807) is 0 Å². The molecule has 1 amide bonds. The van der Waals surface area contributed by atoms with E-state index in [9.17, 15) is 19.8 Å². The second-order valence-corrected chi connectivity index (χ2v) is 16.8. The molecule has 0 aliphatic heterocycles. The third kappa shape index (κ3) is 44.9. The first-order chi connectivity index (χ1) is 31.0. The van der Waals surface area contributed by atoms with E-state index < -0.39 is 18.2 Å². The van der Waals surface area contributed by atoms with Gasteiger partial charge in [0.1, 0.15) is 6.10 Å². The van der Waals surface area contributed by atoms with Crippen molar-refractivity contribution in [1.82, 2.24) is 5.32 Å². The molecule has 0 fully saturated rings. The van der Waals surface area contributed by atoms with Crippen LogP contribution in [0.3, 0.4) is 0 Å². The first kappa shape index (κ1) is 59.5. The molecule has 0 heterocycles. The first-order valence-electron chi connectivity index (χ1n) is 25.6. The van der Waals surface area contributed by atoms with Crippen molar-refractivity contribution in [3.63, 3.8) is 0 Å². The maximum absolute atomic E-state index is 13.2. The second-order valence-electron chi connectivity index (χ2n) is 16.8. The highest BCUT2D eigenvalue weighted by molar-refractivity contribution is 5.77. The Morgan fingerprint density at radius 1 is 0.492 bits per heavy atom. The molecule has 0 spiro atoms. The lowest BCUT2D eigenvalue weighted by molar-refractivity contribution is -0.150. The van der Waals surface area contributed by atoms with Crippen LogP contribution in [0, 0.1) is 0 Å². The molecule has 0 aromatic heterocycles. The Bertz CT molecular complexity index is 1300. The first-order valence-corrected chi connectivity index (χ1v) is 25.6. The third-order valence-electron chi connectivity index (χ3n) is 10.8. The van der Waals surface area contributed by atoms with E-state index in [0.717, 1.165) is 103 Å². The molecule has 0 bridgehead atoms. The molecule has 358 valence electrons. The zero-order valence-corrected chi connectivity index (χ0v) is 40.7. The van der Waals surface area contributed by atoms with Gasteiger partial charge in [-0.2, -0.15) is 0 Å². The van der Waals surface area contributed by atoms with Gasteiger partial charge in [-0.3, -0.25) is 9.59 Å². The van der Waals surface area contributed by atoms with Crippen LogP contribution in [0.25, 0.3) is 0 Å². The topological polar surface area (TPSA) is 95.9 Å². The predicted molar refractivity (Wildman–Crippen MR) is 273 cm³/mol. The quantitative estimate of drug-likeness (QED) is 0.0322. The Hall–Kier alpha value is -3.48. The van der Waals surface area contributed by atoms with E-state index in [0.29, 0.717) is 19.3 Å². The van der Waals surface area contributed by atoms with Crippen LogP contribution in [0.2, 0.25) is 0 Å². The molecule has 0 radical (unpaired) electrons. The molecular weight excluding hydrogens is 779 g/mol. The molecule has 0 saturated carbocycles. The van der Waals surface area contributed by atoms with Gasteiger partial charge in [-0.1, -0.05) is 220 Å². The van der Waals surface area contributed by atoms with Gasteiger partial charge in [0.2, 0.25) is 5.91 Å². The number of esters is 1. The summed E-state index contributed by atoms with van der Waals surface area (Å²) >= 11 is 0. The van der Waals surface area contributed by atoms with E-state index in [2.05, 4.69) is 123 Å². The van der Waals surface area contributed by atoms with Gasteiger partial charge in [0.05, 0.1) is 25.2 Å². The van der Waals surface area contributed by atoms with Crippen molar-refractivity contribution >= 4 is 11.9 Å². The molecular formula is C57H95NO5. The Labute approximate surface area is 388 Å². The standard InChI is InChI=1S/C57H95NO5/c1-4-7-10-13-16-19-22-25-27-29-32-35-38-41-44-47-50-57(62)63-53(48-45-42-39-36-33-31-28-26-23-20-17-14-11-8-5-2)51-56(61)58-54(52-59)55(60)49-46-43-40-37-34-30-24-21-18-15-12-9-6-3/h7-8,10-11,16-17,19-20,25-28,32-33,35-36,42,45,53-55,59-60H,4-6,9,12-15,18,21-24,29-31,34,37-41,43-44,46-52H2,1-3H3,(H,58,61)/b10-7+,11-8-,19-16+,20-17-,27-25+,28-26-,35-32+,36-33-,45-42-. The Kier molecular flexibility index (Phi) is 46.8. The summed E-state index contributed by atoms with van der Waals surface area (Å²) in [6.45, 7) is 6.21. The molecule has 3 unspecified atom stereocenters. The zero-order valence-electron chi connectivity index (χ0n) is 40.7. The van der Waals surface area contributed by atoms with Crippen molar-refractivity contribution in [3.05, 3.63) is 109 Å². The maximum Gasteiger partial charge on any atom is 0.306 e. The number of allylic oxidation sites excluding steroid dienone is 17. The van der Waals surface area contributed by atoms with Crippen LogP contribution >= 0.6 is 0 Å². The summed E-state index contributed by atoms with van der Waals surface area (Å²) in [6, 6.07) is -0.745. The van der Waals surface area contributed by atoms with E-state index in [-0.39, 0.29) is 24.9 Å². The van der Waals surface area contributed by atoms with E-state index in [1.165, 1.54) is 64.2 Å². The number of ether oxygens (including phenoxy) is 1. The highest BCUT2D eigenvalue weighted by Crippen LogP contribution is 2.16. The van der Waals surface area contributed by atoms with Crippen LogP contribution in [0.15, 0.2) is 109 Å². The van der Waals surface area contributed by atoms with Crippen LogP contribution in [-0.2, 0) is 14.3 Å². The van der Waals surface area contributed by atoms with Crippen molar-refractivity contribution in [2.45, 2.75) is 232 Å². The fourth-order valence-corrected chi connectivity index (χ4v) is 7.03. The van der Waals surface area contributed by atoms with Crippen molar-refractivity contribution in [2.75, 3.05) is 6.61 Å². The number of aliphatic hydroxyl groups excluding tert-OH is 2. The number of rotatable bonds is 44. The van der Waals surface area contributed by atoms with E-state index in [4.69, 9.17) is 4.74 Å². The lowest BCUT2D eigenvalue weighted by Gasteiger charge is -2.24. The zero-order chi connectivity index (χ0) is 45.9. The summed E-state index contributed by atoms with van der Waals surface area (Å²) in [4.78, 5) is 26.1. The van der Waals surface area contributed by atoms with Gasteiger partial charge in [0.15, 0.2) is 0 Å². The molecule has 0 aliphatic rings. The summed E-state index contributed by atoms with van der Waals surface area (Å²) in [7, 11) is 0. The van der Waals surface area contributed by atoms with Crippen LogP contribution in [0.5, 0.6) is 0 Å². The van der Waals surface area contributed by atoms with E-state index >= 15 is 0 Å². The largest absolute Gasteiger partial charge is 0.461 e. The van der Waals surface area contributed by atoms with Crippen LogP contribution < -0.4 is 5.32 Å². The number of amides is 1. The minimum absolute atomic E-state index is 0.0200. The Balaban J connectivity index is 4.80. The number of carbonyl (C=O) groups is 2. The minimum atomic E-state index is -0.824. The SMILES string of the molecule is CC/C=C\C/C=C\C/C=C\C/C=C\C/C=C\CC(CC(=O)NC(CO)C(O)CCCCCCCCCCCCCCC)OC(=O)CCCCC/C=C/C/C=C/C/C=C/C/C=C/CC. The molecule has 6 nitrogen and oxygen atoms in total. The van der Waals surface area contributed by atoms with Crippen molar-refractivity contribution in [1.29, 1.82) is 0 Å². The molecule has 0 aliphatic carbocycles. The molecule has 3 N–H and O–H groups in total. The fourth-order valence-electron chi connectivity index (χ4n) is 7.03. The number of aliphatic hydroxyl groups is 2. The molecule has 0 saturated heterocycles. The third-order valence-corrected chi connectivity index (χ3v) is 10.8. The summed E-state index contributed by atoms with van der Waals surface area (Å²) in [5.74, 6) is -0.626. The predicted octanol–water partition coefficient (Wildman–Crippen LogP) is 15.5. The second kappa shape index (κ2) is 49.5. The van der Waals surface area contributed by atoms with Gasteiger partial charge in [-0.15, -0.1) is 0 Å². The average Bonchev–Trinajstić information content (AvgIpc) is 3.28. The summed E-state index contributed by atoms with van der Waals surface area (Å²) in [6.07, 6.45) is 67.3. The number of carbonyl (C=O) groups excluding carboxylic acids is 2. The lowest BCUT2D eigenvalue weighted by atomic mass is 10.0. The van der Waals surface area contributed by atoms with Gasteiger partial charge in [0, 0.05) is 12.8 Å². The smallest absolute Gasteiger partial charge is 0.306 e. The van der Waals surface area contributed by atoms with Gasteiger partial charge < -0.3 is 20.3 Å². The number of unbranched alkanes of at least 4 members (excludes halogenated alkanes) is 15. The summed E-state index contributed by atoms with van der Waals surface area (Å²) < 4.78 is 5.85. The van der Waals surface area contributed by atoms with Crippen molar-refractivity contribution < 1.29 is 24.5 Å². The molecule has 0 rings (SSSR count).